The minimum Gasteiger partial charge on any atom is -0.358 e. The topological polar surface area (TPSA) is 83.2 Å². The molecule has 0 atom stereocenters. The van der Waals surface area contributed by atoms with E-state index in [2.05, 4.69) is 133 Å². The highest BCUT2D eigenvalue weighted by atomic mass is 16.6. The smallest absolute Gasteiger partial charge is 0.358 e. The van der Waals surface area contributed by atoms with E-state index in [-0.39, 0.29) is 11.2 Å². The summed E-state index contributed by atoms with van der Waals surface area (Å²) in [4.78, 5) is 20.3. The first-order valence-electron chi connectivity index (χ1n) is 16.6. The summed E-state index contributed by atoms with van der Waals surface area (Å²) < 4.78 is 5.68. The zero-order valence-electron chi connectivity index (χ0n) is 32.8. The molecule has 0 spiro atoms. The van der Waals surface area contributed by atoms with Crippen molar-refractivity contribution in [3.05, 3.63) is 39.9 Å². The van der Waals surface area contributed by atoms with Crippen LogP contribution in [-0.4, -0.2) is 94.9 Å². The molecule has 0 saturated carbocycles. The molecule has 45 heavy (non-hydrogen) atoms. The summed E-state index contributed by atoms with van der Waals surface area (Å²) in [6.07, 6.45) is 7.15. The average molecular weight is 638 g/mol. The summed E-state index contributed by atoms with van der Waals surface area (Å²) >= 11 is 0. The number of aromatic nitrogens is 4. The van der Waals surface area contributed by atoms with E-state index in [1.807, 2.05) is 6.20 Å². The van der Waals surface area contributed by atoms with Crippen LogP contribution in [0.15, 0.2) is 12.5 Å². The number of aryl methyl sites for hydroxylation is 2. The van der Waals surface area contributed by atoms with E-state index in [0.717, 1.165) is 34.3 Å². The largest absolute Gasteiger partial charge is 0.390 e. The Hall–Kier alpha value is -2.30. The fourth-order valence-corrected chi connectivity index (χ4v) is 4.38. The summed E-state index contributed by atoms with van der Waals surface area (Å²) in [5.41, 5.74) is 3.20. The van der Waals surface area contributed by atoms with Gasteiger partial charge >= 0.3 is 5.82 Å². The lowest BCUT2D eigenvalue weighted by molar-refractivity contribution is -0.905. The lowest BCUT2D eigenvalue weighted by Gasteiger charge is -2.32. The summed E-state index contributed by atoms with van der Waals surface area (Å²) in [6.45, 7) is 27.6. The van der Waals surface area contributed by atoms with Crippen molar-refractivity contribution in [2.75, 3.05) is 61.9 Å². The molecule has 0 aromatic carbocycles. The van der Waals surface area contributed by atoms with E-state index in [1.54, 1.807) is 16.5 Å². The number of nitro groups is 1. The zero-order chi connectivity index (χ0) is 35.6. The van der Waals surface area contributed by atoms with E-state index in [9.17, 15) is 10.1 Å². The molecule has 0 radical (unpaired) electrons. The van der Waals surface area contributed by atoms with Crippen LogP contribution in [-0.2, 0) is 27.2 Å². The van der Waals surface area contributed by atoms with E-state index in [0.29, 0.717) is 23.1 Å². The molecule has 0 unspecified atom stereocenters. The molecule has 0 bridgehead atoms. The van der Waals surface area contributed by atoms with Crippen LogP contribution in [0, 0.1) is 33.3 Å². The molecular formula is C35H73N8O2+3. The van der Waals surface area contributed by atoms with Crippen molar-refractivity contribution in [2.45, 2.75) is 102 Å². The first-order chi connectivity index (χ1) is 20.0. The average Bonchev–Trinajstić information content (AvgIpc) is 3.36. The number of nitrogens with one attached hydrogen (secondary N) is 1. The molecule has 0 fully saturated rings. The van der Waals surface area contributed by atoms with Crippen molar-refractivity contribution in [3.63, 3.8) is 0 Å². The number of quaternary nitrogens is 3. The van der Waals surface area contributed by atoms with Crippen LogP contribution in [0.3, 0.4) is 0 Å². The Kier molecular flexibility index (Phi) is 16.2. The monoisotopic (exact) mass is 638 g/mol. The SMILES string of the molecule is C[NH+](C)CCC(C)(C)C.Cc1ncc(C[N+](C)(C)CCC(C)(C)C)n1C.Cn1cnc([N+](=O)[O-])c1C[N+](C)(C)CCC(C)(C)C. The second kappa shape index (κ2) is 17.0. The Balaban J connectivity index is 0.000000686. The number of hydrogen-bond acceptors (Lipinski definition) is 4. The number of rotatable bonds is 11. The van der Waals surface area contributed by atoms with Gasteiger partial charge in [0.15, 0.2) is 5.69 Å². The van der Waals surface area contributed by atoms with Gasteiger partial charge in [-0.3, -0.25) is 0 Å². The minimum atomic E-state index is -0.404. The summed E-state index contributed by atoms with van der Waals surface area (Å²) in [6, 6.07) is 0. The molecule has 10 nitrogen and oxygen atoms in total. The third kappa shape index (κ3) is 19.7. The van der Waals surface area contributed by atoms with Gasteiger partial charge in [0.1, 0.15) is 18.9 Å². The van der Waals surface area contributed by atoms with Crippen LogP contribution >= 0.6 is 0 Å². The summed E-state index contributed by atoms with van der Waals surface area (Å²) in [5, 5.41) is 11.0. The predicted molar refractivity (Wildman–Crippen MR) is 189 cm³/mol. The van der Waals surface area contributed by atoms with E-state index >= 15 is 0 Å². The summed E-state index contributed by atoms with van der Waals surface area (Å²) in [5.74, 6) is 1.07. The fraction of sp³-hybridized carbons (Fsp3) is 0.829. The van der Waals surface area contributed by atoms with Crippen LogP contribution in [0.5, 0.6) is 0 Å². The third-order valence-corrected chi connectivity index (χ3v) is 8.00. The van der Waals surface area contributed by atoms with Crippen molar-refractivity contribution in [1.82, 2.24) is 19.1 Å². The molecule has 10 heteroatoms. The Morgan fingerprint density at radius 2 is 1.24 bits per heavy atom. The quantitative estimate of drug-likeness (QED) is 0.196. The first kappa shape index (κ1) is 42.7. The maximum Gasteiger partial charge on any atom is 0.390 e. The second-order valence-corrected chi connectivity index (χ2v) is 18.3. The van der Waals surface area contributed by atoms with Gasteiger partial charge in [0, 0.05) is 33.4 Å². The zero-order valence-corrected chi connectivity index (χ0v) is 32.8. The molecule has 2 heterocycles. The van der Waals surface area contributed by atoms with Crippen molar-refractivity contribution < 1.29 is 18.8 Å². The fourth-order valence-electron chi connectivity index (χ4n) is 4.38. The molecular weight excluding hydrogens is 564 g/mol. The standard InChI is InChI=1S/C14H28N3.C13H25N4O2.C8H19N/c1-12-15-10-13(16(12)5)11-17(6,7)9-8-14(2,3)4;1-13(2,3)7-8-17(5,6)9-11-12(16(18)19)14-10-15(11)4;1-8(2,3)6-7-9(4)5/h10H,8-9,11H2,1-7H3;10H,7-9H2,1-6H3;6-7H2,1-5H3/q2*+1;/p+1. The third-order valence-electron chi connectivity index (χ3n) is 8.00. The highest BCUT2D eigenvalue weighted by molar-refractivity contribution is 5.26. The van der Waals surface area contributed by atoms with Crippen molar-refractivity contribution in [1.29, 1.82) is 0 Å². The van der Waals surface area contributed by atoms with Crippen LogP contribution in [0.25, 0.3) is 0 Å². The van der Waals surface area contributed by atoms with Crippen LogP contribution in [0.4, 0.5) is 5.82 Å². The Labute approximate surface area is 277 Å². The highest BCUT2D eigenvalue weighted by Crippen LogP contribution is 2.24. The van der Waals surface area contributed by atoms with Crippen molar-refractivity contribution in [2.24, 2.45) is 30.3 Å². The highest BCUT2D eigenvalue weighted by Gasteiger charge is 2.28. The van der Waals surface area contributed by atoms with Crippen LogP contribution < -0.4 is 4.90 Å². The van der Waals surface area contributed by atoms with Crippen LogP contribution in [0.2, 0.25) is 0 Å². The molecule has 0 aliphatic heterocycles. The van der Waals surface area contributed by atoms with Crippen molar-refractivity contribution in [3.8, 4) is 0 Å². The van der Waals surface area contributed by atoms with Gasteiger partial charge in [0.25, 0.3) is 0 Å². The maximum absolute atomic E-state index is 11.0. The molecule has 262 valence electrons. The minimum absolute atomic E-state index is 0.0236. The predicted octanol–water partition coefficient (Wildman–Crippen LogP) is 5.65. The Bertz CT molecular complexity index is 1160. The van der Waals surface area contributed by atoms with Gasteiger partial charge in [-0.05, 0) is 33.1 Å². The molecule has 2 aromatic heterocycles. The van der Waals surface area contributed by atoms with E-state index < -0.39 is 4.92 Å². The number of hydrogen-bond donors (Lipinski definition) is 1. The lowest BCUT2D eigenvalue weighted by atomic mass is 9.92. The van der Waals surface area contributed by atoms with Gasteiger partial charge in [-0.15, -0.1) is 0 Å². The normalized spacial score (nSPS) is 12.9. The maximum atomic E-state index is 11.0. The number of imidazole rings is 2. The number of nitrogens with zero attached hydrogens (tertiary/aromatic N) is 7. The molecule has 0 amide bonds. The molecule has 1 N–H and O–H groups in total. The summed E-state index contributed by atoms with van der Waals surface area (Å²) in [7, 11) is 17.1. The van der Waals surface area contributed by atoms with Crippen LogP contribution in [0.1, 0.15) is 98.8 Å². The van der Waals surface area contributed by atoms with E-state index in [1.165, 1.54) is 38.0 Å². The molecule has 0 aliphatic carbocycles. The Morgan fingerprint density at radius 1 is 0.800 bits per heavy atom. The molecule has 0 saturated heterocycles. The van der Waals surface area contributed by atoms with Gasteiger partial charge in [0.05, 0.1) is 73.8 Å². The second-order valence-electron chi connectivity index (χ2n) is 18.3. The van der Waals surface area contributed by atoms with Gasteiger partial charge in [0.2, 0.25) is 6.33 Å². The van der Waals surface area contributed by atoms with Gasteiger partial charge in [-0.25, -0.2) is 4.98 Å². The van der Waals surface area contributed by atoms with Crippen molar-refractivity contribution >= 4 is 5.82 Å². The Morgan fingerprint density at radius 3 is 1.58 bits per heavy atom. The molecule has 0 aliphatic rings. The molecule has 2 rings (SSSR count). The first-order valence-corrected chi connectivity index (χ1v) is 16.6. The molecule has 2 aromatic rings. The van der Waals surface area contributed by atoms with E-state index in [4.69, 9.17) is 0 Å². The van der Waals surface area contributed by atoms with Gasteiger partial charge < -0.3 is 33.1 Å². The lowest BCUT2D eigenvalue weighted by Crippen LogP contribution is -3.05. The van der Waals surface area contributed by atoms with Gasteiger partial charge in [-0.1, -0.05) is 62.3 Å². The van der Waals surface area contributed by atoms with Gasteiger partial charge in [-0.2, -0.15) is 0 Å².